The van der Waals surface area contributed by atoms with Gasteiger partial charge >= 0.3 is 0 Å². The summed E-state index contributed by atoms with van der Waals surface area (Å²) in [6.45, 7) is 0. The highest BCUT2D eigenvalue weighted by molar-refractivity contribution is 6.33. The minimum atomic E-state index is -0.440. The van der Waals surface area contributed by atoms with Gasteiger partial charge in [0.05, 0.1) is 11.2 Å². The molecule has 0 atom stereocenters. The van der Waals surface area contributed by atoms with E-state index in [1.54, 1.807) is 18.2 Å². The van der Waals surface area contributed by atoms with Gasteiger partial charge in [0.2, 0.25) is 0 Å². The van der Waals surface area contributed by atoms with Crippen LogP contribution in [0, 0.1) is 5.82 Å². The van der Waals surface area contributed by atoms with Crippen LogP contribution in [-0.4, -0.2) is 26.0 Å². The van der Waals surface area contributed by atoms with Crippen molar-refractivity contribution < 1.29 is 4.39 Å². The molecule has 0 spiro atoms. The van der Waals surface area contributed by atoms with Crippen molar-refractivity contribution in [3.8, 4) is 0 Å². The highest BCUT2D eigenvalue weighted by Crippen LogP contribution is 2.16. The van der Waals surface area contributed by atoms with Crippen LogP contribution in [0.5, 0.6) is 0 Å². The Kier molecular flexibility index (Phi) is 3.26. The van der Waals surface area contributed by atoms with E-state index in [0.29, 0.717) is 11.5 Å². The predicted octanol–water partition coefficient (Wildman–Crippen LogP) is 2.36. The van der Waals surface area contributed by atoms with E-state index in [1.165, 1.54) is 29.2 Å². The number of benzene rings is 1. The number of nitrogens with one attached hydrogen (secondary N) is 1. The third-order valence-electron chi connectivity index (χ3n) is 2.53. The van der Waals surface area contributed by atoms with Gasteiger partial charge in [0.15, 0.2) is 11.5 Å². The largest absolute Gasteiger partial charge is 0.260 e. The van der Waals surface area contributed by atoms with E-state index >= 15 is 0 Å². The monoisotopic (exact) mass is 290 g/mol. The van der Waals surface area contributed by atoms with Crippen LogP contribution >= 0.6 is 11.6 Å². The smallest absolute Gasteiger partial charge is 0.177 e. The predicted molar refractivity (Wildman–Crippen MR) is 73.4 cm³/mol. The second kappa shape index (κ2) is 5.22. The van der Waals surface area contributed by atoms with E-state index in [4.69, 9.17) is 11.6 Å². The van der Waals surface area contributed by atoms with E-state index in [1.807, 2.05) is 0 Å². The molecule has 3 aromatic rings. The summed E-state index contributed by atoms with van der Waals surface area (Å²) in [7, 11) is 0. The molecule has 0 unspecified atom stereocenters. The van der Waals surface area contributed by atoms with Gasteiger partial charge in [0.1, 0.15) is 12.1 Å². The average Bonchev–Trinajstić information content (AvgIpc) is 2.89. The number of nitrogens with zero attached hydrogens (tertiary/aromatic N) is 5. The van der Waals surface area contributed by atoms with E-state index in [-0.39, 0.29) is 10.6 Å². The van der Waals surface area contributed by atoms with Gasteiger partial charge in [-0.2, -0.15) is 9.62 Å². The topological polar surface area (TPSA) is 67.5 Å². The number of aromatic nitrogens is 4. The van der Waals surface area contributed by atoms with Gasteiger partial charge in [-0.05, 0) is 24.3 Å². The van der Waals surface area contributed by atoms with Gasteiger partial charge in [0.25, 0.3) is 0 Å². The summed E-state index contributed by atoms with van der Waals surface area (Å²) < 4.78 is 15.0. The molecular weight excluding hydrogens is 283 g/mol. The SMILES string of the molecule is Fc1cccc(Cl)c1/C=N/Nc1ccc2nncn2n1. The third-order valence-corrected chi connectivity index (χ3v) is 2.86. The van der Waals surface area contributed by atoms with Gasteiger partial charge < -0.3 is 0 Å². The molecule has 8 heteroatoms. The van der Waals surface area contributed by atoms with Crippen LogP contribution in [0.15, 0.2) is 41.8 Å². The van der Waals surface area contributed by atoms with Crippen LogP contribution < -0.4 is 5.43 Å². The lowest BCUT2D eigenvalue weighted by Crippen LogP contribution is -1.99. The third kappa shape index (κ3) is 2.43. The molecule has 0 saturated heterocycles. The van der Waals surface area contributed by atoms with Gasteiger partial charge in [-0.15, -0.1) is 15.3 Å². The fourth-order valence-corrected chi connectivity index (χ4v) is 1.80. The molecule has 0 amide bonds. The van der Waals surface area contributed by atoms with Crippen molar-refractivity contribution in [2.24, 2.45) is 5.10 Å². The fourth-order valence-electron chi connectivity index (χ4n) is 1.59. The highest BCUT2D eigenvalue weighted by Gasteiger charge is 2.03. The van der Waals surface area contributed by atoms with Crippen molar-refractivity contribution in [2.45, 2.75) is 0 Å². The molecule has 0 radical (unpaired) electrons. The van der Waals surface area contributed by atoms with Crippen LogP contribution in [0.1, 0.15) is 5.56 Å². The molecule has 0 saturated carbocycles. The Morgan fingerprint density at radius 1 is 1.30 bits per heavy atom. The van der Waals surface area contributed by atoms with Crippen molar-refractivity contribution in [1.82, 2.24) is 19.8 Å². The van der Waals surface area contributed by atoms with E-state index in [0.717, 1.165) is 0 Å². The van der Waals surface area contributed by atoms with Crippen LogP contribution in [-0.2, 0) is 0 Å². The molecular formula is C12H8ClFN6. The summed E-state index contributed by atoms with van der Waals surface area (Å²) >= 11 is 5.88. The summed E-state index contributed by atoms with van der Waals surface area (Å²) in [4.78, 5) is 0. The Labute approximate surface area is 117 Å². The zero-order valence-corrected chi connectivity index (χ0v) is 10.8. The Balaban J connectivity index is 1.80. The zero-order valence-electron chi connectivity index (χ0n) is 10.0. The maximum atomic E-state index is 13.5. The second-order valence-corrected chi connectivity index (χ2v) is 4.26. The van der Waals surface area contributed by atoms with Crippen molar-refractivity contribution in [3.05, 3.63) is 53.1 Å². The molecule has 20 heavy (non-hydrogen) atoms. The highest BCUT2D eigenvalue weighted by atomic mass is 35.5. The molecule has 0 fully saturated rings. The van der Waals surface area contributed by atoms with Gasteiger partial charge in [-0.25, -0.2) is 4.39 Å². The molecule has 0 aliphatic heterocycles. The Hall–Kier alpha value is -2.54. The number of halogens is 2. The maximum Gasteiger partial charge on any atom is 0.177 e. The number of anilines is 1. The molecule has 2 aromatic heterocycles. The molecule has 2 heterocycles. The Morgan fingerprint density at radius 3 is 3.05 bits per heavy atom. The standard InChI is InChI=1S/C12H8ClFN6/c13-9-2-1-3-10(14)8(9)6-15-17-11-4-5-12-18-16-7-20(12)19-11/h1-7H,(H,17,19)/b15-6+. The van der Waals surface area contributed by atoms with Crippen LogP contribution in [0.3, 0.4) is 0 Å². The first-order chi connectivity index (χ1) is 9.74. The summed E-state index contributed by atoms with van der Waals surface area (Å²) in [5.74, 6) is 0.0336. The molecule has 3 rings (SSSR count). The van der Waals surface area contributed by atoms with Crippen molar-refractivity contribution in [1.29, 1.82) is 0 Å². The normalized spacial score (nSPS) is 11.3. The van der Waals surface area contributed by atoms with Crippen LogP contribution in [0.2, 0.25) is 5.02 Å². The number of rotatable bonds is 3. The molecule has 6 nitrogen and oxygen atoms in total. The summed E-state index contributed by atoms with van der Waals surface area (Å²) in [5, 5.41) is 15.9. The van der Waals surface area contributed by atoms with Crippen LogP contribution in [0.4, 0.5) is 10.2 Å². The molecule has 1 aromatic carbocycles. The number of hydrazone groups is 1. The Morgan fingerprint density at radius 2 is 2.20 bits per heavy atom. The molecule has 1 N–H and O–H groups in total. The molecule has 0 aliphatic rings. The summed E-state index contributed by atoms with van der Waals surface area (Å²) in [6.07, 6.45) is 2.77. The fraction of sp³-hybridized carbons (Fsp3) is 0. The lowest BCUT2D eigenvalue weighted by molar-refractivity contribution is 0.626. The van der Waals surface area contributed by atoms with Gasteiger partial charge in [0, 0.05) is 5.56 Å². The maximum absolute atomic E-state index is 13.5. The summed E-state index contributed by atoms with van der Waals surface area (Å²) in [6, 6.07) is 7.85. The number of hydrogen-bond acceptors (Lipinski definition) is 5. The van der Waals surface area contributed by atoms with E-state index in [9.17, 15) is 4.39 Å². The zero-order chi connectivity index (χ0) is 13.9. The minimum Gasteiger partial charge on any atom is -0.260 e. The number of fused-ring (bicyclic) bond motifs is 1. The van der Waals surface area contributed by atoms with Crippen LogP contribution in [0.25, 0.3) is 5.65 Å². The van der Waals surface area contributed by atoms with Gasteiger partial charge in [-0.1, -0.05) is 17.7 Å². The molecule has 0 bridgehead atoms. The van der Waals surface area contributed by atoms with Crippen molar-refractivity contribution in [3.63, 3.8) is 0 Å². The lowest BCUT2D eigenvalue weighted by atomic mass is 10.2. The van der Waals surface area contributed by atoms with Gasteiger partial charge in [-0.3, -0.25) is 5.43 Å². The Bertz CT molecular complexity index is 764. The minimum absolute atomic E-state index is 0.215. The molecule has 100 valence electrons. The van der Waals surface area contributed by atoms with Crippen molar-refractivity contribution >= 4 is 29.3 Å². The van der Waals surface area contributed by atoms with E-state index < -0.39 is 5.82 Å². The van der Waals surface area contributed by atoms with Crippen molar-refractivity contribution in [2.75, 3.05) is 5.43 Å². The first-order valence-corrected chi connectivity index (χ1v) is 6.02. The quantitative estimate of drug-likeness (QED) is 0.594. The second-order valence-electron chi connectivity index (χ2n) is 3.86. The average molecular weight is 291 g/mol. The van der Waals surface area contributed by atoms with E-state index in [2.05, 4.69) is 25.8 Å². The summed E-state index contributed by atoms with van der Waals surface area (Å²) in [5.41, 5.74) is 3.52. The first kappa shape index (κ1) is 12.5. The number of hydrogen-bond donors (Lipinski definition) is 1. The first-order valence-electron chi connectivity index (χ1n) is 5.64. The lowest BCUT2D eigenvalue weighted by Gasteiger charge is -2.01. The molecule has 0 aliphatic carbocycles.